The van der Waals surface area contributed by atoms with Gasteiger partial charge in [0.25, 0.3) is 0 Å². The molecule has 1 fully saturated rings. The van der Waals surface area contributed by atoms with E-state index >= 15 is 0 Å². The molecule has 1 saturated heterocycles. The second-order valence-corrected chi connectivity index (χ2v) is 9.80. The number of likely N-dealkylation sites (tertiary alicyclic amines) is 1. The van der Waals surface area contributed by atoms with Crippen LogP contribution in [0.4, 0.5) is 0 Å². The molecule has 1 amide bonds. The SMILES string of the molecule is COc1ccccc1C1CCN(C(=O)CCOCc2ccc(Cl)c(Cl)c2)C(NCc2ccccc2)C1.Cl. The van der Waals surface area contributed by atoms with Crippen LogP contribution in [0.5, 0.6) is 5.75 Å². The van der Waals surface area contributed by atoms with Crippen LogP contribution < -0.4 is 10.1 Å². The predicted octanol–water partition coefficient (Wildman–Crippen LogP) is 6.85. The summed E-state index contributed by atoms with van der Waals surface area (Å²) in [5.74, 6) is 1.30. The number of rotatable bonds is 10. The normalized spacial score (nSPS) is 17.2. The van der Waals surface area contributed by atoms with Crippen molar-refractivity contribution >= 4 is 41.5 Å². The number of benzene rings is 3. The number of carbonyl (C=O) groups excluding carboxylic acids is 1. The molecule has 2 atom stereocenters. The van der Waals surface area contributed by atoms with Crippen molar-refractivity contribution in [3.63, 3.8) is 0 Å². The van der Waals surface area contributed by atoms with Crippen molar-refractivity contribution in [2.24, 2.45) is 0 Å². The molecule has 198 valence electrons. The molecule has 3 aromatic rings. The Hall–Kier alpha value is -2.28. The third-order valence-electron chi connectivity index (χ3n) is 6.60. The van der Waals surface area contributed by atoms with Crippen molar-refractivity contribution in [1.29, 1.82) is 0 Å². The van der Waals surface area contributed by atoms with Crippen LogP contribution in [0.15, 0.2) is 72.8 Å². The summed E-state index contributed by atoms with van der Waals surface area (Å²) in [4.78, 5) is 15.2. The lowest BCUT2D eigenvalue weighted by Crippen LogP contribution is -2.52. The zero-order chi connectivity index (χ0) is 25.3. The van der Waals surface area contributed by atoms with Crippen LogP contribution in [-0.2, 0) is 22.7 Å². The summed E-state index contributed by atoms with van der Waals surface area (Å²) in [7, 11) is 1.71. The van der Waals surface area contributed by atoms with Gasteiger partial charge in [-0.05, 0) is 53.6 Å². The highest BCUT2D eigenvalue weighted by atomic mass is 35.5. The number of para-hydroxylation sites is 1. The summed E-state index contributed by atoms with van der Waals surface area (Å²) in [6, 6.07) is 23.9. The maximum absolute atomic E-state index is 13.2. The Bertz CT molecular complexity index is 1150. The van der Waals surface area contributed by atoms with Gasteiger partial charge in [-0.15, -0.1) is 12.4 Å². The number of nitrogens with one attached hydrogen (secondary N) is 1. The zero-order valence-corrected chi connectivity index (χ0v) is 23.2. The van der Waals surface area contributed by atoms with E-state index in [2.05, 4.69) is 23.5 Å². The number of ether oxygens (including phenoxy) is 2. The molecule has 8 heteroatoms. The van der Waals surface area contributed by atoms with E-state index in [1.54, 1.807) is 19.2 Å². The summed E-state index contributed by atoms with van der Waals surface area (Å²) in [6.45, 7) is 2.11. The minimum absolute atomic E-state index is 0. The molecule has 1 heterocycles. The number of hydrogen-bond acceptors (Lipinski definition) is 4. The van der Waals surface area contributed by atoms with E-state index in [1.165, 1.54) is 11.1 Å². The van der Waals surface area contributed by atoms with Crippen molar-refractivity contribution in [2.75, 3.05) is 20.3 Å². The Balaban J connectivity index is 0.00000380. The van der Waals surface area contributed by atoms with Gasteiger partial charge in [0.15, 0.2) is 0 Å². The quantitative estimate of drug-likeness (QED) is 0.274. The first-order valence-electron chi connectivity index (χ1n) is 12.3. The Kier molecular flexibility index (Phi) is 11.6. The Morgan fingerprint density at radius 3 is 2.51 bits per heavy atom. The van der Waals surface area contributed by atoms with E-state index < -0.39 is 0 Å². The minimum Gasteiger partial charge on any atom is -0.496 e. The molecule has 0 spiro atoms. The molecule has 1 N–H and O–H groups in total. The third-order valence-corrected chi connectivity index (χ3v) is 7.34. The number of hydrogen-bond donors (Lipinski definition) is 1. The van der Waals surface area contributed by atoms with Gasteiger partial charge in [0.05, 0.1) is 43.0 Å². The van der Waals surface area contributed by atoms with E-state index in [-0.39, 0.29) is 24.5 Å². The predicted molar refractivity (Wildman–Crippen MR) is 152 cm³/mol. The van der Waals surface area contributed by atoms with Gasteiger partial charge in [0.1, 0.15) is 5.75 Å². The molecule has 37 heavy (non-hydrogen) atoms. The van der Waals surface area contributed by atoms with Crippen molar-refractivity contribution < 1.29 is 14.3 Å². The fourth-order valence-electron chi connectivity index (χ4n) is 4.70. The second-order valence-electron chi connectivity index (χ2n) is 8.98. The summed E-state index contributed by atoms with van der Waals surface area (Å²) >= 11 is 12.1. The molecule has 4 rings (SSSR count). The Morgan fingerprint density at radius 1 is 1.00 bits per heavy atom. The number of nitrogens with zero attached hydrogens (tertiary/aromatic N) is 1. The number of piperidine rings is 1. The maximum Gasteiger partial charge on any atom is 0.226 e. The first-order chi connectivity index (χ1) is 17.5. The van der Waals surface area contributed by atoms with Gasteiger partial charge in [0.2, 0.25) is 5.91 Å². The Labute approximate surface area is 235 Å². The van der Waals surface area contributed by atoms with E-state index in [4.69, 9.17) is 32.7 Å². The molecule has 0 aliphatic carbocycles. The van der Waals surface area contributed by atoms with Gasteiger partial charge < -0.3 is 14.4 Å². The number of methoxy groups -OCH3 is 1. The van der Waals surface area contributed by atoms with Crippen LogP contribution in [0.3, 0.4) is 0 Å². The van der Waals surface area contributed by atoms with Gasteiger partial charge in [-0.1, -0.05) is 77.8 Å². The standard InChI is InChI=1S/C29H32Cl2N2O3.ClH/c1-35-27-10-6-5-9-24(27)23-13-15-33(28(18-23)32-19-21-7-3-2-4-8-21)29(34)14-16-36-20-22-11-12-25(30)26(31)17-22;/h2-12,17,23,28,32H,13-16,18-20H2,1H3;1H. The monoisotopic (exact) mass is 562 g/mol. The minimum atomic E-state index is -0.0727. The third kappa shape index (κ3) is 8.10. The van der Waals surface area contributed by atoms with Crippen molar-refractivity contribution in [3.05, 3.63) is 99.5 Å². The fraction of sp³-hybridized carbons (Fsp3) is 0.345. The molecular formula is C29H33Cl3N2O3. The zero-order valence-electron chi connectivity index (χ0n) is 20.9. The Morgan fingerprint density at radius 2 is 1.76 bits per heavy atom. The van der Waals surface area contributed by atoms with Gasteiger partial charge in [-0.2, -0.15) is 0 Å². The maximum atomic E-state index is 13.2. The van der Waals surface area contributed by atoms with E-state index in [0.29, 0.717) is 48.7 Å². The number of halogens is 3. The molecule has 0 radical (unpaired) electrons. The van der Waals surface area contributed by atoms with E-state index in [9.17, 15) is 4.79 Å². The fourth-order valence-corrected chi connectivity index (χ4v) is 5.02. The van der Waals surface area contributed by atoms with E-state index in [0.717, 1.165) is 24.2 Å². The summed E-state index contributed by atoms with van der Waals surface area (Å²) in [5, 5.41) is 4.64. The lowest BCUT2D eigenvalue weighted by molar-refractivity contribution is -0.137. The summed E-state index contributed by atoms with van der Waals surface area (Å²) < 4.78 is 11.4. The molecule has 3 aromatic carbocycles. The van der Waals surface area contributed by atoms with Crippen LogP contribution in [0, 0.1) is 0 Å². The molecule has 0 saturated carbocycles. The van der Waals surface area contributed by atoms with Gasteiger partial charge >= 0.3 is 0 Å². The van der Waals surface area contributed by atoms with Crippen molar-refractivity contribution in [3.8, 4) is 5.75 Å². The lowest BCUT2D eigenvalue weighted by Gasteiger charge is -2.40. The molecular weight excluding hydrogens is 531 g/mol. The van der Waals surface area contributed by atoms with Gasteiger partial charge in [-0.3, -0.25) is 10.1 Å². The first kappa shape index (κ1) is 29.3. The average Bonchev–Trinajstić information content (AvgIpc) is 2.92. The second kappa shape index (κ2) is 14.6. The highest BCUT2D eigenvalue weighted by molar-refractivity contribution is 6.42. The highest BCUT2D eigenvalue weighted by Crippen LogP contribution is 2.36. The molecule has 5 nitrogen and oxygen atoms in total. The molecule has 1 aliphatic rings. The van der Waals surface area contributed by atoms with Crippen molar-refractivity contribution in [2.45, 2.75) is 44.5 Å². The molecule has 2 unspecified atom stereocenters. The lowest BCUT2D eigenvalue weighted by atomic mass is 9.87. The molecule has 1 aliphatic heterocycles. The number of carbonyl (C=O) groups is 1. The van der Waals surface area contributed by atoms with Crippen LogP contribution >= 0.6 is 35.6 Å². The average molecular weight is 564 g/mol. The summed E-state index contributed by atoms with van der Waals surface area (Å²) in [5.41, 5.74) is 3.31. The van der Waals surface area contributed by atoms with E-state index in [1.807, 2.05) is 47.4 Å². The van der Waals surface area contributed by atoms with Crippen molar-refractivity contribution in [1.82, 2.24) is 10.2 Å². The first-order valence-corrected chi connectivity index (χ1v) is 13.0. The summed E-state index contributed by atoms with van der Waals surface area (Å²) in [6.07, 6.45) is 1.96. The van der Waals surface area contributed by atoms with Gasteiger partial charge in [-0.25, -0.2) is 0 Å². The highest BCUT2D eigenvalue weighted by Gasteiger charge is 2.32. The number of amides is 1. The van der Waals surface area contributed by atoms with Crippen LogP contribution in [0.2, 0.25) is 10.0 Å². The molecule has 0 aromatic heterocycles. The van der Waals surface area contributed by atoms with Gasteiger partial charge in [0, 0.05) is 13.1 Å². The van der Waals surface area contributed by atoms with Crippen LogP contribution in [0.25, 0.3) is 0 Å². The van der Waals surface area contributed by atoms with Crippen LogP contribution in [-0.4, -0.2) is 37.2 Å². The molecule has 0 bridgehead atoms. The largest absolute Gasteiger partial charge is 0.496 e. The smallest absolute Gasteiger partial charge is 0.226 e. The van der Waals surface area contributed by atoms with Crippen LogP contribution in [0.1, 0.15) is 41.9 Å². The topological polar surface area (TPSA) is 50.8 Å².